The zero-order valence-electron chi connectivity index (χ0n) is 9.26. The summed E-state index contributed by atoms with van der Waals surface area (Å²) in [6.07, 6.45) is 0. The number of hydrogen-bond donors (Lipinski definition) is 2. The third-order valence-corrected chi connectivity index (χ3v) is 2.78. The van der Waals surface area contributed by atoms with E-state index in [1.54, 1.807) is 0 Å². The zero-order chi connectivity index (χ0) is 12.4. The minimum absolute atomic E-state index is 0.000260. The third kappa shape index (κ3) is 2.19. The third-order valence-electron chi connectivity index (χ3n) is 2.78. The Morgan fingerprint density at radius 3 is 2.47 bits per heavy atom. The molecule has 0 radical (unpaired) electrons. The van der Waals surface area contributed by atoms with Gasteiger partial charge in [0.1, 0.15) is 0 Å². The Morgan fingerprint density at radius 2 is 1.82 bits per heavy atom. The molecule has 2 aromatic rings. The molecule has 86 valence electrons. The van der Waals surface area contributed by atoms with Crippen LogP contribution >= 0.6 is 0 Å². The number of benzene rings is 2. The van der Waals surface area contributed by atoms with E-state index in [9.17, 15) is 4.79 Å². The van der Waals surface area contributed by atoms with Crippen LogP contribution in [0, 0.1) is 0 Å². The average molecular weight is 227 g/mol. The Hall–Kier alpha value is -2.13. The van der Waals surface area contributed by atoms with Gasteiger partial charge in [0.2, 0.25) is 0 Å². The highest BCUT2D eigenvalue weighted by Gasteiger charge is 2.15. The van der Waals surface area contributed by atoms with Crippen LogP contribution in [-0.4, -0.2) is 11.1 Å². The topological polar surface area (TPSA) is 63.3 Å². The lowest BCUT2D eigenvalue weighted by Crippen LogP contribution is -2.18. The van der Waals surface area contributed by atoms with Crippen LogP contribution in [0.15, 0.2) is 54.6 Å². The normalized spacial score (nSPS) is 12.3. The van der Waals surface area contributed by atoms with E-state index in [4.69, 9.17) is 10.8 Å². The second-order valence-corrected chi connectivity index (χ2v) is 3.91. The summed E-state index contributed by atoms with van der Waals surface area (Å²) in [6.45, 7) is 3.49. The van der Waals surface area contributed by atoms with E-state index in [0.717, 1.165) is 16.3 Å². The molecule has 0 aliphatic heterocycles. The van der Waals surface area contributed by atoms with Crippen LogP contribution in [0.4, 0.5) is 0 Å². The Labute approximate surface area is 99.2 Å². The fraction of sp³-hybridized carbons (Fsp3) is 0.0714. The molecule has 0 fully saturated rings. The highest BCUT2D eigenvalue weighted by atomic mass is 16.4. The van der Waals surface area contributed by atoms with Crippen LogP contribution in [0.1, 0.15) is 11.6 Å². The molecule has 0 aliphatic carbocycles. The molecule has 3 nitrogen and oxygen atoms in total. The number of aliphatic carboxylic acids is 1. The van der Waals surface area contributed by atoms with Gasteiger partial charge < -0.3 is 10.8 Å². The summed E-state index contributed by atoms with van der Waals surface area (Å²) >= 11 is 0. The number of carboxylic acid groups (broad SMARTS) is 1. The van der Waals surface area contributed by atoms with Crippen LogP contribution in [0.3, 0.4) is 0 Å². The van der Waals surface area contributed by atoms with Gasteiger partial charge in [0.15, 0.2) is 0 Å². The fourth-order valence-electron chi connectivity index (χ4n) is 1.74. The fourth-order valence-corrected chi connectivity index (χ4v) is 1.74. The van der Waals surface area contributed by atoms with Crippen molar-refractivity contribution in [1.29, 1.82) is 0 Å². The number of rotatable bonds is 3. The van der Waals surface area contributed by atoms with Crippen molar-refractivity contribution in [3.63, 3.8) is 0 Å². The predicted molar refractivity (Wildman–Crippen MR) is 67.7 cm³/mol. The van der Waals surface area contributed by atoms with Gasteiger partial charge in [0.25, 0.3) is 0 Å². The molecule has 1 atom stereocenters. The molecule has 2 aromatic carbocycles. The molecule has 0 aromatic heterocycles. The molecule has 0 amide bonds. The Bertz CT molecular complexity index is 590. The summed E-state index contributed by atoms with van der Waals surface area (Å²) in [6, 6.07) is 12.8. The van der Waals surface area contributed by atoms with Gasteiger partial charge in [-0.05, 0) is 22.4 Å². The summed E-state index contributed by atoms with van der Waals surface area (Å²) in [5.41, 5.74) is 6.61. The molecule has 17 heavy (non-hydrogen) atoms. The number of carbonyl (C=O) groups is 1. The lowest BCUT2D eigenvalue weighted by atomic mass is 9.98. The maximum absolute atomic E-state index is 10.8. The first-order chi connectivity index (χ1) is 8.09. The molecule has 0 bridgehead atoms. The monoisotopic (exact) mass is 227 g/mol. The van der Waals surface area contributed by atoms with Crippen LogP contribution in [0.25, 0.3) is 10.8 Å². The maximum atomic E-state index is 10.8. The lowest BCUT2D eigenvalue weighted by molar-refractivity contribution is -0.132. The van der Waals surface area contributed by atoms with Gasteiger partial charge in [-0.1, -0.05) is 43.0 Å². The van der Waals surface area contributed by atoms with E-state index in [-0.39, 0.29) is 5.57 Å². The standard InChI is InChI=1S/C14H13NO2/c1-9(14(16)17)13(15)12-7-6-10-4-2-3-5-11(10)8-12/h2-8,13H,1,15H2,(H,16,17)/t13-/m1/s1. The molecule has 0 saturated heterocycles. The summed E-state index contributed by atoms with van der Waals surface area (Å²) in [5.74, 6) is -1.06. The smallest absolute Gasteiger partial charge is 0.332 e. The van der Waals surface area contributed by atoms with E-state index in [2.05, 4.69) is 6.58 Å². The summed E-state index contributed by atoms with van der Waals surface area (Å²) < 4.78 is 0. The van der Waals surface area contributed by atoms with Gasteiger partial charge in [-0.3, -0.25) is 0 Å². The number of fused-ring (bicyclic) bond motifs is 1. The molecule has 2 rings (SSSR count). The Balaban J connectivity index is 2.43. The van der Waals surface area contributed by atoms with Crippen molar-refractivity contribution in [3.05, 3.63) is 60.2 Å². The number of nitrogens with two attached hydrogens (primary N) is 1. The second-order valence-electron chi connectivity index (χ2n) is 3.91. The summed E-state index contributed by atoms with van der Waals surface area (Å²) in [7, 11) is 0. The van der Waals surface area contributed by atoms with Crippen LogP contribution in [0.2, 0.25) is 0 Å². The molecular weight excluding hydrogens is 214 g/mol. The van der Waals surface area contributed by atoms with Gasteiger partial charge in [0.05, 0.1) is 11.6 Å². The maximum Gasteiger partial charge on any atom is 0.332 e. The second kappa shape index (κ2) is 4.39. The average Bonchev–Trinajstić information content (AvgIpc) is 2.36. The molecule has 0 aliphatic rings. The van der Waals surface area contributed by atoms with Crippen LogP contribution in [0.5, 0.6) is 0 Å². The van der Waals surface area contributed by atoms with Gasteiger partial charge >= 0.3 is 5.97 Å². The van der Waals surface area contributed by atoms with Crippen molar-refractivity contribution in [2.45, 2.75) is 6.04 Å². The minimum Gasteiger partial charge on any atom is -0.478 e. The van der Waals surface area contributed by atoms with E-state index in [1.165, 1.54) is 0 Å². The molecule has 0 saturated carbocycles. The van der Waals surface area contributed by atoms with Crippen LogP contribution in [-0.2, 0) is 4.79 Å². The van der Waals surface area contributed by atoms with Crippen molar-refractivity contribution in [2.75, 3.05) is 0 Å². The molecule has 0 unspecified atom stereocenters. The summed E-state index contributed by atoms with van der Waals surface area (Å²) in [5, 5.41) is 11.0. The molecule has 3 N–H and O–H groups in total. The minimum atomic E-state index is -1.06. The lowest BCUT2D eigenvalue weighted by Gasteiger charge is -2.12. The molecule has 0 spiro atoms. The highest BCUT2D eigenvalue weighted by Crippen LogP contribution is 2.22. The highest BCUT2D eigenvalue weighted by molar-refractivity contribution is 5.88. The van der Waals surface area contributed by atoms with Gasteiger partial charge in [0, 0.05) is 0 Å². The first-order valence-electron chi connectivity index (χ1n) is 5.26. The van der Waals surface area contributed by atoms with E-state index >= 15 is 0 Å². The number of carboxylic acids is 1. The van der Waals surface area contributed by atoms with Gasteiger partial charge in [-0.15, -0.1) is 0 Å². The molecule has 0 heterocycles. The van der Waals surface area contributed by atoms with Crippen molar-refractivity contribution in [3.8, 4) is 0 Å². The van der Waals surface area contributed by atoms with Crippen molar-refractivity contribution >= 4 is 16.7 Å². The molecular formula is C14H13NO2. The predicted octanol–water partition coefficient (Wildman–Crippen LogP) is 2.48. The Morgan fingerprint density at radius 1 is 1.18 bits per heavy atom. The van der Waals surface area contributed by atoms with E-state index < -0.39 is 12.0 Å². The van der Waals surface area contributed by atoms with Gasteiger partial charge in [-0.2, -0.15) is 0 Å². The first-order valence-corrected chi connectivity index (χ1v) is 5.26. The van der Waals surface area contributed by atoms with E-state index in [0.29, 0.717) is 0 Å². The number of hydrogen-bond acceptors (Lipinski definition) is 2. The molecule has 3 heteroatoms. The van der Waals surface area contributed by atoms with Crippen molar-refractivity contribution in [1.82, 2.24) is 0 Å². The van der Waals surface area contributed by atoms with Crippen molar-refractivity contribution in [2.24, 2.45) is 5.73 Å². The Kier molecular flexibility index (Phi) is 2.93. The zero-order valence-corrected chi connectivity index (χ0v) is 9.26. The van der Waals surface area contributed by atoms with Crippen molar-refractivity contribution < 1.29 is 9.90 Å². The SMILES string of the molecule is C=C(C(=O)O)[C@@H](N)c1ccc2ccccc2c1. The first kappa shape index (κ1) is 11.4. The summed E-state index contributed by atoms with van der Waals surface area (Å²) in [4.78, 5) is 10.8. The largest absolute Gasteiger partial charge is 0.478 e. The quantitative estimate of drug-likeness (QED) is 0.792. The van der Waals surface area contributed by atoms with Gasteiger partial charge in [-0.25, -0.2) is 4.79 Å². The van der Waals surface area contributed by atoms with E-state index in [1.807, 2.05) is 42.5 Å². The van der Waals surface area contributed by atoms with Crippen LogP contribution < -0.4 is 5.73 Å².